The molecule has 3 heterocycles. The predicted molar refractivity (Wildman–Crippen MR) is 120 cm³/mol. The maximum Gasteiger partial charge on any atom is 0.252 e. The van der Waals surface area contributed by atoms with Crippen LogP contribution in [0.4, 0.5) is 5.69 Å². The van der Waals surface area contributed by atoms with Gasteiger partial charge in [0.05, 0.1) is 6.42 Å². The van der Waals surface area contributed by atoms with Crippen molar-refractivity contribution in [3.63, 3.8) is 0 Å². The minimum Gasteiger partial charge on any atom is -0.342 e. The first-order chi connectivity index (χ1) is 14.9. The number of likely N-dealkylation sites (tertiary alicyclic amines) is 1. The summed E-state index contributed by atoms with van der Waals surface area (Å²) in [6.07, 6.45) is 3.25. The lowest BCUT2D eigenvalue weighted by molar-refractivity contribution is -0.133. The summed E-state index contributed by atoms with van der Waals surface area (Å²) < 4.78 is 27.2. The number of nitrogens with one attached hydrogen (secondary N) is 1. The van der Waals surface area contributed by atoms with Crippen LogP contribution in [0.1, 0.15) is 30.6 Å². The van der Waals surface area contributed by atoms with E-state index in [0.29, 0.717) is 43.2 Å². The van der Waals surface area contributed by atoms with Gasteiger partial charge in [-0.1, -0.05) is 18.2 Å². The lowest BCUT2D eigenvalue weighted by atomic mass is 9.95. The van der Waals surface area contributed by atoms with Gasteiger partial charge in [-0.05, 0) is 49.9 Å². The number of thiophene rings is 1. The van der Waals surface area contributed by atoms with E-state index in [2.05, 4.69) is 5.32 Å². The number of carbonyl (C=O) groups excluding carboxylic acids is 2. The minimum atomic E-state index is -3.44. The molecule has 1 aromatic carbocycles. The van der Waals surface area contributed by atoms with E-state index >= 15 is 0 Å². The summed E-state index contributed by atoms with van der Waals surface area (Å²) in [6, 6.07) is 12.7. The van der Waals surface area contributed by atoms with Crippen LogP contribution in [0, 0.1) is 5.92 Å². The number of piperidine rings is 1. The standard InChI is InChI=1S/C22H27N3O4S2/c26-20(16-19-8-9-21(30-19)31(28,29)25-12-4-5-13-25)24-14-10-17(11-15-24)22(27)23-18-6-2-1-3-7-18/h1-3,6-9,17H,4-5,10-16H2,(H,23,27). The number of anilines is 1. The lowest BCUT2D eigenvalue weighted by Crippen LogP contribution is -2.42. The number of sulfonamides is 1. The smallest absolute Gasteiger partial charge is 0.252 e. The minimum absolute atomic E-state index is 0.00619. The summed E-state index contributed by atoms with van der Waals surface area (Å²) >= 11 is 1.18. The van der Waals surface area contributed by atoms with E-state index in [1.54, 1.807) is 17.0 Å². The van der Waals surface area contributed by atoms with Crippen LogP contribution in [0.3, 0.4) is 0 Å². The maximum absolute atomic E-state index is 12.7. The van der Waals surface area contributed by atoms with E-state index in [4.69, 9.17) is 0 Å². The monoisotopic (exact) mass is 461 g/mol. The molecule has 7 nitrogen and oxygen atoms in total. The second kappa shape index (κ2) is 9.50. The quantitative estimate of drug-likeness (QED) is 0.717. The topological polar surface area (TPSA) is 86.8 Å². The van der Waals surface area contributed by atoms with Crippen molar-refractivity contribution in [1.82, 2.24) is 9.21 Å². The van der Waals surface area contributed by atoms with Gasteiger partial charge in [0.25, 0.3) is 10.0 Å². The lowest BCUT2D eigenvalue weighted by Gasteiger charge is -2.31. The fourth-order valence-electron chi connectivity index (χ4n) is 4.07. The molecule has 4 rings (SSSR count). The Balaban J connectivity index is 1.28. The largest absolute Gasteiger partial charge is 0.342 e. The van der Waals surface area contributed by atoms with E-state index in [1.165, 1.54) is 15.6 Å². The molecular weight excluding hydrogens is 434 g/mol. The fourth-order valence-corrected chi connectivity index (χ4v) is 7.08. The van der Waals surface area contributed by atoms with Crippen molar-refractivity contribution in [2.45, 2.75) is 36.3 Å². The Kier molecular flexibility index (Phi) is 6.74. The van der Waals surface area contributed by atoms with Crippen LogP contribution >= 0.6 is 11.3 Å². The molecule has 2 amide bonds. The van der Waals surface area contributed by atoms with Crippen molar-refractivity contribution < 1.29 is 18.0 Å². The molecule has 2 aliphatic heterocycles. The Bertz CT molecular complexity index is 1020. The highest BCUT2D eigenvalue weighted by atomic mass is 32.2. The molecule has 0 radical (unpaired) electrons. The Morgan fingerprint density at radius 1 is 0.968 bits per heavy atom. The van der Waals surface area contributed by atoms with Crippen molar-refractivity contribution in [3.8, 4) is 0 Å². The van der Waals surface area contributed by atoms with Gasteiger partial charge < -0.3 is 10.2 Å². The highest BCUT2D eigenvalue weighted by Gasteiger charge is 2.30. The number of carbonyl (C=O) groups is 2. The molecular formula is C22H27N3O4S2. The van der Waals surface area contributed by atoms with Crippen LogP contribution in [0.25, 0.3) is 0 Å². The van der Waals surface area contributed by atoms with E-state index in [1.807, 2.05) is 30.3 Å². The summed E-state index contributed by atoms with van der Waals surface area (Å²) in [5, 5.41) is 2.93. The normalized spacial score (nSPS) is 18.3. The van der Waals surface area contributed by atoms with Gasteiger partial charge in [-0.2, -0.15) is 4.31 Å². The molecule has 2 saturated heterocycles. The molecule has 0 saturated carbocycles. The Morgan fingerprint density at radius 3 is 2.32 bits per heavy atom. The molecule has 2 aliphatic rings. The van der Waals surface area contributed by atoms with E-state index in [9.17, 15) is 18.0 Å². The molecule has 1 aromatic heterocycles. The van der Waals surface area contributed by atoms with Gasteiger partial charge in [0, 0.05) is 42.7 Å². The number of benzene rings is 1. The van der Waals surface area contributed by atoms with E-state index in [-0.39, 0.29) is 24.2 Å². The molecule has 0 spiro atoms. The number of amides is 2. The van der Waals surface area contributed by atoms with Gasteiger partial charge in [-0.15, -0.1) is 11.3 Å². The second-order valence-corrected chi connectivity index (χ2v) is 11.4. The molecule has 0 bridgehead atoms. The van der Waals surface area contributed by atoms with Crippen molar-refractivity contribution in [3.05, 3.63) is 47.3 Å². The van der Waals surface area contributed by atoms with Gasteiger partial charge in [0.2, 0.25) is 11.8 Å². The Labute approximate surface area is 187 Å². The second-order valence-electron chi connectivity index (χ2n) is 8.02. The van der Waals surface area contributed by atoms with E-state index < -0.39 is 10.0 Å². The molecule has 0 aliphatic carbocycles. The molecule has 0 atom stereocenters. The SMILES string of the molecule is O=C(Nc1ccccc1)C1CCN(C(=O)Cc2ccc(S(=O)(=O)N3CCCC3)s2)CC1. The maximum atomic E-state index is 12.7. The molecule has 166 valence electrons. The van der Waals surface area contributed by atoms with Gasteiger partial charge in [0.1, 0.15) is 4.21 Å². The molecule has 31 heavy (non-hydrogen) atoms. The van der Waals surface area contributed by atoms with Crippen molar-refractivity contribution in [2.24, 2.45) is 5.92 Å². The van der Waals surface area contributed by atoms with Crippen molar-refractivity contribution in [2.75, 3.05) is 31.5 Å². The molecule has 2 aromatic rings. The molecule has 2 fully saturated rings. The van der Waals surface area contributed by atoms with Crippen molar-refractivity contribution in [1.29, 1.82) is 0 Å². The zero-order chi connectivity index (χ0) is 21.8. The summed E-state index contributed by atoms with van der Waals surface area (Å²) in [5.41, 5.74) is 0.781. The summed E-state index contributed by atoms with van der Waals surface area (Å²) in [4.78, 5) is 27.7. The van der Waals surface area contributed by atoms with Crippen LogP contribution in [-0.4, -0.2) is 55.6 Å². The third-order valence-electron chi connectivity index (χ3n) is 5.88. The number of hydrogen-bond donors (Lipinski definition) is 1. The summed E-state index contributed by atoms with van der Waals surface area (Å²) in [7, 11) is -3.44. The number of para-hydroxylation sites is 1. The number of nitrogens with zero attached hydrogens (tertiary/aromatic N) is 2. The average molecular weight is 462 g/mol. The van der Waals surface area contributed by atoms with Gasteiger partial charge in [-0.3, -0.25) is 9.59 Å². The highest BCUT2D eigenvalue weighted by Crippen LogP contribution is 2.28. The third kappa shape index (κ3) is 5.16. The summed E-state index contributed by atoms with van der Waals surface area (Å²) in [5.74, 6) is -0.134. The Hall–Kier alpha value is -2.23. The zero-order valence-electron chi connectivity index (χ0n) is 17.3. The first kappa shape index (κ1) is 22.0. The van der Waals surface area contributed by atoms with Crippen LogP contribution in [0.15, 0.2) is 46.7 Å². The van der Waals surface area contributed by atoms with Crippen molar-refractivity contribution >= 4 is 38.9 Å². The van der Waals surface area contributed by atoms with Crippen LogP contribution in [-0.2, 0) is 26.0 Å². The first-order valence-corrected chi connectivity index (χ1v) is 12.9. The third-order valence-corrected chi connectivity index (χ3v) is 9.33. The van der Waals surface area contributed by atoms with Crippen LogP contribution in [0.5, 0.6) is 0 Å². The summed E-state index contributed by atoms with van der Waals surface area (Å²) in [6.45, 7) is 2.22. The van der Waals surface area contributed by atoms with Gasteiger partial charge >= 0.3 is 0 Å². The van der Waals surface area contributed by atoms with Crippen LogP contribution in [0.2, 0.25) is 0 Å². The van der Waals surface area contributed by atoms with Crippen LogP contribution < -0.4 is 5.32 Å². The first-order valence-electron chi connectivity index (χ1n) is 10.7. The molecule has 0 unspecified atom stereocenters. The van der Waals surface area contributed by atoms with Gasteiger partial charge in [-0.25, -0.2) is 8.42 Å². The highest BCUT2D eigenvalue weighted by molar-refractivity contribution is 7.91. The fraction of sp³-hybridized carbons (Fsp3) is 0.455. The number of rotatable bonds is 6. The Morgan fingerprint density at radius 2 is 1.65 bits per heavy atom. The molecule has 1 N–H and O–H groups in total. The average Bonchev–Trinajstić information content (AvgIpc) is 3.48. The van der Waals surface area contributed by atoms with E-state index in [0.717, 1.165) is 23.4 Å². The predicted octanol–water partition coefficient (Wildman–Crippen LogP) is 2.95. The number of hydrogen-bond acceptors (Lipinski definition) is 5. The molecule has 9 heteroatoms. The van der Waals surface area contributed by atoms with Gasteiger partial charge in [0.15, 0.2) is 0 Å². The zero-order valence-corrected chi connectivity index (χ0v) is 19.0.